The van der Waals surface area contributed by atoms with Crippen molar-refractivity contribution in [2.24, 2.45) is 0 Å². The van der Waals surface area contributed by atoms with Gasteiger partial charge in [0.25, 0.3) is 0 Å². The molecule has 0 saturated carbocycles. The highest BCUT2D eigenvalue weighted by atomic mass is 35.5. The van der Waals surface area contributed by atoms with Gasteiger partial charge in [-0.3, -0.25) is 0 Å². The van der Waals surface area contributed by atoms with Crippen molar-refractivity contribution in [3.05, 3.63) is 21.4 Å². The van der Waals surface area contributed by atoms with Crippen molar-refractivity contribution in [3.8, 4) is 0 Å². The lowest BCUT2D eigenvalue weighted by Gasteiger charge is -2.04. The fraction of sp³-hybridized carbons (Fsp3) is 0.167. The lowest BCUT2D eigenvalue weighted by Crippen LogP contribution is -1.99. The third kappa shape index (κ3) is 1.55. The van der Waals surface area contributed by atoms with Crippen LogP contribution in [-0.2, 0) is 4.79 Å². The molecule has 10 heavy (non-hydrogen) atoms. The van der Waals surface area contributed by atoms with Crippen molar-refractivity contribution in [1.82, 2.24) is 0 Å². The molecule has 2 nitrogen and oxygen atoms in total. The molecule has 1 rings (SSSR count). The molecule has 1 aliphatic rings. The SMILES string of the molecule is O=C(O)C1=C(Cl)CC=CS1. The van der Waals surface area contributed by atoms with E-state index in [1.54, 1.807) is 5.41 Å². The highest BCUT2D eigenvalue weighted by Crippen LogP contribution is 2.30. The molecule has 0 aromatic carbocycles. The molecule has 0 saturated heterocycles. The smallest absolute Gasteiger partial charge is 0.343 e. The first-order chi connectivity index (χ1) is 4.72. The fourth-order valence-electron chi connectivity index (χ4n) is 0.591. The second-order valence-electron chi connectivity index (χ2n) is 1.73. The molecule has 0 amide bonds. The molecule has 0 aromatic heterocycles. The quantitative estimate of drug-likeness (QED) is 0.666. The monoisotopic (exact) mass is 176 g/mol. The van der Waals surface area contributed by atoms with Crippen LogP contribution < -0.4 is 0 Å². The molecule has 0 bridgehead atoms. The second-order valence-corrected chi connectivity index (χ2v) is 3.11. The molecule has 1 aliphatic heterocycles. The van der Waals surface area contributed by atoms with E-state index in [-0.39, 0.29) is 4.91 Å². The molecule has 0 aliphatic carbocycles. The Morgan fingerprint density at radius 1 is 1.80 bits per heavy atom. The van der Waals surface area contributed by atoms with Gasteiger partial charge in [-0.1, -0.05) is 29.4 Å². The van der Waals surface area contributed by atoms with E-state index in [1.807, 2.05) is 6.08 Å². The predicted octanol–water partition coefficient (Wildman–Crippen LogP) is 2.17. The maximum Gasteiger partial charge on any atom is 0.343 e. The van der Waals surface area contributed by atoms with Gasteiger partial charge < -0.3 is 5.11 Å². The minimum atomic E-state index is -0.945. The molecule has 1 N–H and O–H groups in total. The highest BCUT2D eigenvalue weighted by Gasteiger charge is 2.13. The molecule has 0 fully saturated rings. The summed E-state index contributed by atoms with van der Waals surface area (Å²) in [6, 6.07) is 0. The van der Waals surface area contributed by atoms with E-state index in [0.29, 0.717) is 11.5 Å². The van der Waals surface area contributed by atoms with Gasteiger partial charge in [0.05, 0.1) is 0 Å². The van der Waals surface area contributed by atoms with E-state index in [1.165, 1.54) is 0 Å². The number of hydrogen-bond acceptors (Lipinski definition) is 2. The number of allylic oxidation sites excluding steroid dienone is 2. The fourth-order valence-corrected chi connectivity index (χ4v) is 1.53. The Labute approximate surface area is 67.6 Å². The summed E-state index contributed by atoms with van der Waals surface area (Å²) < 4.78 is 0. The zero-order valence-electron chi connectivity index (χ0n) is 5.00. The van der Waals surface area contributed by atoms with Crippen LogP contribution in [0.2, 0.25) is 0 Å². The average Bonchev–Trinajstić information content (AvgIpc) is 1.88. The molecule has 0 aromatic rings. The maximum atomic E-state index is 10.4. The van der Waals surface area contributed by atoms with Crippen LogP contribution in [0.15, 0.2) is 21.4 Å². The molecule has 0 atom stereocenters. The van der Waals surface area contributed by atoms with E-state index >= 15 is 0 Å². The van der Waals surface area contributed by atoms with Gasteiger partial charge in [0.2, 0.25) is 0 Å². The Morgan fingerprint density at radius 2 is 2.50 bits per heavy atom. The summed E-state index contributed by atoms with van der Waals surface area (Å²) in [6.45, 7) is 0. The summed E-state index contributed by atoms with van der Waals surface area (Å²) in [4.78, 5) is 10.6. The van der Waals surface area contributed by atoms with Crippen LogP contribution in [0.25, 0.3) is 0 Å². The summed E-state index contributed by atoms with van der Waals surface area (Å²) in [6.07, 6.45) is 2.37. The van der Waals surface area contributed by atoms with Crippen molar-refractivity contribution in [1.29, 1.82) is 0 Å². The normalized spacial score (nSPS) is 17.7. The summed E-state index contributed by atoms with van der Waals surface area (Å²) in [5, 5.41) is 10.7. The standard InChI is InChI=1S/C6H5ClO2S/c7-4-2-1-3-10-5(4)6(8)9/h1,3H,2H2,(H,8,9). The number of aliphatic carboxylic acids is 1. The molecule has 0 spiro atoms. The van der Waals surface area contributed by atoms with Crippen molar-refractivity contribution in [2.45, 2.75) is 6.42 Å². The molecule has 54 valence electrons. The number of hydrogen-bond donors (Lipinski definition) is 1. The van der Waals surface area contributed by atoms with Crippen LogP contribution in [0.3, 0.4) is 0 Å². The van der Waals surface area contributed by atoms with Crippen LogP contribution in [0.1, 0.15) is 6.42 Å². The second kappa shape index (κ2) is 3.12. The Hall–Kier alpha value is -0.410. The number of rotatable bonds is 1. The number of thioether (sulfide) groups is 1. The topological polar surface area (TPSA) is 37.3 Å². The van der Waals surface area contributed by atoms with Crippen LogP contribution >= 0.6 is 23.4 Å². The van der Waals surface area contributed by atoms with Gasteiger partial charge in [-0.25, -0.2) is 4.79 Å². The minimum absolute atomic E-state index is 0.240. The first-order valence-corrected chi connectivity index (χ1v) is 3.91. The average molecular weight is 177 g/mol. The van der Waals surface area contributed by atoms with E-state index in [2.05, 4.69) is 0 Å². The van der Waals surface area contributed by atoms with E-state index < -0.39 is 5.97 Å². The zero-order valence-corrected chi connectivity index (χ0v) is 6.58. The number of carbonyl (C=O) groups is 1. The number of halogens is 1. The molecular weight excluding hydrogens is 172 g/mol. The first kappa shape index (κ1) is 7.69. The van der Waals surface area contributed by atoms with Crippen LogP contribution in [0.4, 0.5) is 0 Å². The molecule has 1 heterocycles. The largest absolute Gasteiger partial charge is 0.477 e. The van der Waals surface area contributed by atoms with E-state index in [4.69, 9.17) is 16.7 Å². The van der Waals surface area contributed by atoms with Gasteiger partial charge in [0.1, 0.15) is 4.91 Å². The van der Waals surface area contributed by atoms with Crippen molar-refractivity contribution in [2.75, 3.05) is 0 Å². The first-order valence-electron chi connectivity index (χ1n) is 2.65. The Morgan fingerprint density at radius 3 is 2.90 bits per heavy atom. The van der Waals surface area contributed by atoms with Crippen molar-refractivity contribution >= 4 is 29.3 Å². The Bertz CT molecular complexity index is 220. The van der Waals surface area contributed by atoms with Gasteiger partial charge in [-0.05, 0) is 5.41 Å². The van der Waals surface area contributed by atoms with Gasteiger partial charge in [-0.15, -0.1) is 0 Å². The zero-order chi connectivity index (χ0) is 7.56. The van der Waals surface area contributed by atoms with Gasteiger partial charge in [0.15, 0.2) is 0 Å². The number of carboxylic acid groups (broad SMARTS) is 1. The van der Waals surface area contributed by atoms with Crippen LogP contribution in [0, 0.1) is 0 Å². The summed E-state index contributed by atoms with van der Waals surface area (Å²) >= 11 is 6.75. The summed E-state index contributed by atoms with van der Waals surface area (Å²) in [5.41, 5.74) is 0. The lowest BCUT2D eigenvalue weighted by atomic mass is 10.3. The number of carboxylic acids is 1. The van der Waals surface area contributed by atoms with Gasteiger partial charge in [-0.2, -0.15) is 0 Å². The lowest BCUT2D eigenvalue weighted by molar-refractivity contribution is -0.131. The molecule has 0 radical (unpaired) electrons. The minimum Gasteiger partial charge on any atom is -0.477 e. The van der Waals surface area contributed by atoms with Crippen molar-refractivity contribution in [3.63, 3.8) is 0 Å². The third-order valence-corrected chi connectivity index (χ3v) is 2.46. The van der Waals surface area contributed by atoms with Crippen LogP contribution in [0.5, 0.6) is 0 Å². The highest BCUT2D eigenvalue weighted by molar-refractivity contribution is 8.06. The Balaban J connectivity index is 2.81. The van der Waals surface area contributed by atoms with Crippen molar-refractivity contribution < 1.29 is 9.90 Å². The van der Waals surface area contributed by atoms with Gasteiger partial charge in [0, 0.05) is 11.5 Å². The summed E-state index contributed by atoms with van der Waals surface area (Å²) in [7, 11) is 0. The molecule has 0 unspecified atom stereocenters. The maximum absolute atomic E-state index is 10.4. The van der Waals surface area contributed by atoms with Gasteiger partial charge >= 0.3 is 5.97 Å². The predicted molar refractivity (Wildman–Crippen MR) is 41.9 cm³/mol. The Kier molecular flexibility index (Phi) is 2.40. The summed E-state index contributed by atoms with van der Waals surface area (Å²) in [5.74, 6) is -0.945. The van der Waals surface area contributed by atoms with E-state index in [9.17, 15) is 4.79 Å². The third-order valence-electron chi connectivity index (χ3n) is 1.02. The molecular formula is C6H5ClO2S. The van der Waals surface area contributed by atoms with Crippen LogP contribution in [-0.4, -0.2) is 11.1 Å². The van der Waals surface area contributed by atoms with E-state index in [0.717, 1.165) is 11.8 Å². The molecule has 4 heteroatoms.